The van der Waals surface area contributed by atoms with Gasteiger partial charge >= 0.3 is 0 Å². The van der Waals surface area contributed by atoms with Crippen LogP contribution in [0.15, 0.2) is 35.5 Å². The zero-order chi connectivity index (χ0) is 17.8. The highest BCUT2D eigenvalue weighted by Gasteiger charge is 2.27. The van der Waals surface area contributed by atoms with Gasteiger partial charge in [-0.15, -0.1) is 10.2 Å². The van der Waals surface area contributed by atoms with E-state index in [2.05, 4.69) is 10.2 Å². The lowest BCUT2D eigenvalue weighted by Crippen LogP contribution is -2.44. The number of carbonyl (C=O) groups is 2. The molecule has 1 atom stereocenters. The maximum Gasteiger partial charge on any atom is 0.233 e. The Hall–Kier alpha value is -2.35. The lowest BCUT2D eigenvalue weighted by atomic mass is 9.97. The minimum Gasteiger partial charge on any atom is -0.369 e. The van der Waals surface area contributed by atoms with Crippen molar-refractivity contribution in [2.24, 2.45) is 11.7 Å². The average molecular weight is 359 g/mol. The van der Waals surface area contributed by atoms with Crippen LogP contribution in [0.5, 0.6) is 0 Å². The van der Waals surface area contributed by atoms with E-state index in [0.29, 0.717) is 18.2 Å². The van der Waals surface area contributed by atoms with Crippen LogP contribution in [0.25, 0.3) is 5.69 Å². The molecule has 25 heavy (non-hydrogen) atoms. The molecule has 3 rings (SSSR count). The number of nitrogens with two attached hydrogens (primary N) is 1. The smallest absolute Gasteiger partial charge is 0.233 e. The first kappa shape index (κ1) is 17.5. The molecule has 1 aliphatic heterocycles. The molecular formula is C17H21N5O2S. The van der Waals surface area contributed by atoms with E-state index in [1.807, 2.05) is 41.8 Å². The number of thioether (sulfide) groups is 1. The Bertz CT molecular complexity index is 762. The molecule has 1 saturated heterocycles. The number of carbonyl (C=O) groups excluding carboxylic acids is 2. The first-order valence-corrected chi connectivity index (χ1v) is 9.22. The summed E-state index contributed by atoms with van der Waals surface area (Å²) in [7, 11) is 0. The second kappa shape index (κ2) is 7.69. The monoisotopic (exact) mass is 359 g/mol. The van der Waals surface area contributed by atoms with E-state index in [4.69, 9.17) is 5.73 Å². The molecule has 0 aliphatic carbocycles. The molecule has 2 heterocycles. The molecule has 1 aromatic carbocycles. The second-order valence-electron chi connectivity index (χ2n) is 6.07. The minimum absolute atomic E-state index is 0.00350. The fourth-order valence-corrected chi connectivity index (χ4v) is 3.86. The summed E-state index contributed by atoms with van der Waals surface area (Å²) in [6.07, 6.45) is 1.57. The summed E-state index contributed by atoms with van der Waals surface area (Å²) in [6, 6.07) is 9.80. The molecule has 2 amide bonds. The van der Waals surface area contributed by atoms with Crippen LogP contribution in [0.3, 0.4) is 0 Å². The van der Waals surface area contributed by atoms with Crippen LogP contribution in [-0.4, -0.2) is 50.3 Å². The Labute approximate surface area is 150 Å². The topological polar surface area (TPSA) is 94.1 Å². The van der Waals surface area contributed by atoms with Gasteiger partial charge in [0.15, 0.2) is 5.16 Å². The van der Waals surface area contributed by atoms with Crippen LogP contribution >= 0.6 is 11.8 Å². The quantitative estimate of drug-likeness (QED) is 0.814. The lowest BCUT2D eigenvalue weighted by molar-refractivity contribution is -0.132. The highest BCUT2D eigenvalue weighted by atomic mass is 32.2. The van der Waals surface area contributed by atoms with Crippen molar-refractivity contribution in [2.75, 3.05) is 18.8 Å². The highest BCUT2D eigenvalue weighted by Crippen LogP contribution is 2.23. The fraction of sp³-hybridized carbons (Fsp3) is 0.412. The van der Waals surface area contributed by atoms with Gasteiger partial charge in [-0.05, 0) is 31.9 Å². The van der Waals surface area contributed by atoms with Crippen molar-refractivity contribution >= 4 is 23.6 Å². The number of rotatable bonds is 5. The molecule has 0 spiro atoms. The molecule has 132 valence electrons. The molecule has 0 bridgehead atoms. The van der Waals surface area contributed by atoms with Gasteiger partial charge in [0.05, 0.1) is 11.7 Å². The summed E-state index contributed by atoms with van der Waals surface area (Å²) in [5.41, 5.74) is 6.34. The molecule has 0 saturated carbocycles. The number of aromatic nitrogens is 3. The van der Waals surface area contributed by atoms with Gasteiger partial charge in [0.1, 0.15) is 5.82 Å². The maximum atomic E-state index is 12.5. The number of piperidine rings is 1. The number of likely N-dealkylation sites (tertiary alicyclic amines) is 1. The number of benzene rings is 1. The first-order valence-electron chi connectivity index (χ1n) is 8.23. The normalized spacial score (nSPS) is 17.5. The molecule has 1 fully saturated rings. The number of hydrogen-bond donors (Lipinski definition) is 1. The third-order valence-corrected chi connectivity index (χ3v) is 5.22. The van der Waals surface area contributed by atoms with Crippen molar-refractivity contribution in [2.45, 2.75) is 24.9 Å². The van der Waals surface area contributed by atoms with E-state index in [1.165, 1.54) is 11.8 Å². The number of amides is 2. The van der Waals surface area contributed by atoms with Crippen molar-refractivity contribution in [3.8, 4) is 5.69 Å². The molecule has 7 nitrogen and oxygen atoms in total. The predicted octanol–water partition coefficient (Wildman–Crippen LogP) is 1.39. The van der Waals surface area contributed by atoms with Crippen LogP contribution in [0, 0.1) is 12.8 Å². The van der Waals surface area contributed by atoms with E-state index in [1.54, 1.807) is 4.90 Å². The number of aryl methyl sites for hydroxylation is 1. The zero-order valence-corrected chi connectivity index (χ0v) is 14.9. The van der Waals surface area contributed by atoms with E-state index in [0.717, 1.165) is 24.4 Å². The summed E-state index contributed by atoms with van der Waals surface area (Å²) < 4.78 is 1.93. The Morgan fingerprint density at radius 1 is 1.28 bits per heavy atom. The van der Waals surface area contributed by atoms with Crippen molar-refractivity contribution in [3.63, 3.8) is 0 Å². The number of hydrogen-bond acceptors (Lipinski definition) is 5. The van der Waals surface area contributed by atoms with Crippen LogP contribution in [0.2, 0.25) is 0 Å². The van der Waals surface area contributed by atoms with Gasteiger partial charge < -0.3 is 10.6 Å². The molecular weight excluding hydrogens is 338 g/mol. The minimum atomic E-state index is -0.329. The summed E-state index contributed by atoms with van der Waals surface area (Å²) in [5.74, 6) is 0.461. The third-order valence-electron chi connectivity index (χ3n) is 4.31. The van der Waals surface area contributed by atoms with Crippen molar-refractivity contribution < 1.29 is 9.59 Å². The SMILES string of the molecule is Cc1nnc(SCC(=O)N2CCCC(C(N)=O)C2)n1-c1ccccc1. The van der Waals surface area contributed by atoms with E-state index in [-0.39, 0.29) is 23.5 Å². The lowest BCUT2D eigenvalue weighted by Gasteiger charge is -2.31. The third kappa shape index (κ3) is 4.01. The van der Waals surface area contributed by atoms with Crippen molar-refractivity contribution in [1.29, 1.82) is 0 Å². The van der Waals surface area contributed by atoms with Crippen LogP contribution in [-0.2, 0) is 9.59 Å². The van der Waals surface area contributed by atoms with Gasteiger partial charge in [0.25, 0.3) is 0 Å². The van der Waals surface area contributed by atoms with E-state index in [9.17, 15) is 9.59 Å². The molecule has 1 aliphatic rings. The van der Waals surface area contributed by atoms with Gasteiger partial charge in [-0.25, -0.2) is 0 Å². The average Bonchev–Trinajstić information content (AvgIpc) is 3.01. The molecule has 1 unspecified atom stereocenters. The summed E-state index contributed by atoms with van der Waals surface area (Å²) in [6.45, 7) is 2.97. The van der Waals surface area contributed by atoms with Gasteiger partial charge in [0, 0.05) is 18.8 Å². The van der Waals surface area contributed by atoms with Crippen LogP contribution in [0.1, 0.15) is 18.7 Å². The summed E-state index contributed by atoms with van der Waals surface area (Å²) >= 11 is 1.36. The molecule has 2 aromatic rings. The maximum absolute atomic E-state index is 12.5. The van der Waals surface area contributed by atoms with Gasteiger partial charge in [-0.1, -0.05) is 30.0 Å². The number of primary amides is 1. The molecule has 0 radical (unpaired) electrons. The Kier molecular flexibility index (Phi) is 5.37. The largest absolute Gasteiger partial charge is 0.369 e. The summed E-state index contributed by atoms with van der Waals surface area (Å²) in [5, 5.41) is 8.99. The first-order chi connectivity index (χ1) is 12.1. The number of nitrogens with zero attached hydrogens (tertiary/aromatic N) is 4. The Morgan fingerprint density at radius 2 is 2.04 bits per heavy atom. The van der Waals surface area contributed by atoms with Gasteiger partial charge in [-0.3, -0.25) is 14.2 Å². The van der Waals surface area contributed by atoms with Gasteiger partial charge in [-0.2, -0.15) is 0 Å². The van der Waals surface area contributed by atoms with Crippen LogP contribution in [0.4, 0.5) is 0 Å². The van der Waals surface area contributed by atoms with Crippen molar-refractivity contribution in [1.82, 2.24) is 19.7 Å². The van der Waals surface area contributed by atoms with Gasteiger partial charge in [0.2, 0.25) is 11.8 Å². The second-order valence-corrected chi connectivity index (χ2v) is 7.01. The Balaban J connectivity index is 1.66. The van der Waals surface area contributed by atoms with Crippen molar-refractivity contribution in [3.05, 3.63) is 36.2 Å². The standard InChI is InChI=1S/C17H21N5O2S/c1-12-19-20-17(22(12)14-7-3-2-4-8-14)25-11-15(23)21-9-5-6-13(10-21)16(18)24/h2-4,7-8,13H,5-6,9-11H2,1H3,(H2,18,24). The molecule has 1 aromatic heterocycles. The molecule has 8 heteroatoms. The highest BCUT2D eigenvalue weighted by molar-refractivity contribution is 7.99. The van der Waals surface area contributed by atoms with Crippen LogP contribution < -0.4 is 5.73 Å². The summed E-state index contributed by atoms with van der Waals surface area (Å²) in [4.78, 5) is 25.6. The van der Waals surface area contributed by atoms with E-state index >= 15 is 0 Å². The van der Waals surface area contributed by atoms with E-state index < -0.39 is 0 Å². The molecule has 2 N–H and O–H groups in total. The zero-order valence-electron chi connectivity index (χ0n) is 14.1. The predicted molar refractivity (Wildman–Crippen MR) is 95.3 cm³/mol. The fourth-order valence-electron chi connectivity index (χ4n) is 2.96. The number of para-hydroxylation sites is 1. The Morgan fingerprint density at radius 3 is 2.76 bits per heavy atom.